The zero-order valence-electron chi connectivity index (χ0n) is 8.40. The number of benzene rings is 1. The highest BCUT2D eigenvalue weighted by Gasteiger charge is 2.05. The quantitative estimate of drug-likeness (QED) is 0.688. The molecular weight excluding hydrogens is 180 g/mol. The standard InChI is InChI=1S/C11H14O3/c1-9(14-10(2)12)8-13-11-6-4-3-5-7-11/h3-7,9H,8H2,1-2H3. The van der Waals surface area contributed by atoms with E-state index in [0.29, 0.717) is 6.61 Å². The second-order valence-electron chi connectivity index (χ2n) is 3.04. The van der Waals surface area contributed by atoms with E-state index in [1.807, 2.05) is 30.3 Å². The van der Waals surface area contributed by atoms with Gasteiger partial charge in [0.2, 0.25) is 0 Å². The van der Waals surface area contributed by atoms with Crippen LogP contribution in [0, 0.1) is 0 Å². The molecule has 1 unspecified atom stereocenters. The number of para-hydroxylation sites is 1. The average Bonchev–Trinajstić information content (AvgIpc) is 2.15. The molecule has 0 saturated heterocycles. The van der Waals surface area contributed by atoms with Gasteiger partial charge in [0.15, 0.2) is 0 Å². The minimum Gasteiger partial charge on any atom is -0.490 e. The molecule has 0 amide bonds. The van der Waals surface area contributed by atoms with Crippen LogP contribution in [-0.2, 0) is 9.53 Å². The van der Waals surface area contributed by atoms with Crippen molar-refractivity contribution in [3.63, 3.8) is 0 Å². The van der Waals surface area contributed by atoms with E-state index in [9.17, 15) is 4.79 Å². The Morgan fingerprint density at radius 2 is 2.00 bits per heavy atom. The van der Waals surface area contributed by atoms with E-state index in [4.69, 9.17) is 9.47 Å². The van der Waals surface area contributed by atoms with Crippen molar-refractivity contribution in [1.82, 2.24) is 0 Å². The zero-order chi connectivity index (χ0) is 10.4. The highest BCUT2D eigenvalue weighted by molar-refractivity contribution is 5.66. The van der Waals surface area contributed by atoms with Crippen LogP contribution in [0.3, 0.4) is 0 Å². The van der Waals surface area contributed by atoms with Gasteiger partial charge in [-0.25, -0.2) is 0 Å². The van der Waals surface area contributed by atoms with Gasteiger partial charge in [-0.05, 0) is 19.1 Å². The molecule has 1 rings (SSSR count). The maximum absolute atomic E-state index is 10.6. The van der Waals surface area contributed by atoms with Crippen molar-refractivity contribution in [1.29, 1.82) is 0 Å². The van der Waals surface area contributed by atoms with Gasteiger partial charge in [-0.3, -0.25) is 4.79 Å². The molecule has 0 saturated carbocycles. The van der Waals surface area contributed by atoms with Crippen LogP contribution >= 0.6 is 0 Å². The van der Waals surface area contributed by atoms with Crippen molar-refractivity contribution in [2.75, 3.05) is 6.61 Å². The normalized spacial score (nSPS) is 11.9. The smallest absolute Gasteiger partial charge is 0.303 e. The maximum atomic E-state index is 10.6. The van der Waals surface area contributed by atoms with Gasteiger partial charge < -0.3 is 9.47 Å². The third-order valence-electron chi connectivity index (χ3n) is 1.60. The summed E-state index contributed by atoms with van der Waals surface area (Å²) in [7, 11) is 0. The lowest BCUT2D eigenvalue weighted by Crippen LogP contribution is -2.20. The van der Waals surface area contributed by atoms with Crippen LogP contribution in [0.2, 0.25) is 0 Å². The summed E-state index contributed by atoms with van der Waals surface area (Å²) >= 11 is 0. The molecule has 3 nitrogen and oxygen atoms in total. The minimum atomic E-state index is -0.283. The Morgan fingerprint density at radius 1 is 1.36 bits per heavy atom. The molecule has 3 heteroatoms. The second-order valence-corrected chi connectivity index (χ2v) is 3.04. The molecule has 0 aliphatic carbocycles. The predicted molar refractivity (Wildman–Crippen MR) is 53.2 cm³/mol. The summed E-state index contributed by atoms with van der Waals surface area (Å²) in [5.74, 6) is 0.501. The van der Waals surface area contributed by atoms with Gasteiger partial charge in [0, 0.05) is 6.92 Å². The molecule has 14 heavy (non-hydrogen) atoms. The Balaban J connectivity index is 2.30. The fourth-order valence-corrected chi connectivity index (χ4v) is 1.05. The largest absolute Gasteiger partial charge is 0.490 e. The highest BCUT2D eigenvalue weighted by atomic mass is 16.6. The Labute approximate surface area is 83.6 Å². The molecule has 0 aliphatic heterocycles. The number of carbonyl (C=O) groups excluding carboxylic acids is 1. The number of rotatable bonds is 4. The van der Waals surface area contributed by atoms with Crippen LogP contribution in [-0.4, -0.2) is 18.7 Å². The summed E-state index contributed by atoms with van der Waals surface area (Å²) < 4.78 is 10.3. The molecule has 0 heterocycles. The van der Waals surface area contributed by atoms with Crippen LogP contribution in [0.15, 0.2) is 30.3 Å². The average molecular weight is 194 g/mol. The first-order valence-electron chi connectivity index (χ1n) is 4.53. The van der Waals surface area contributed by atoms with Gasteiger partial charge in [0.25, 0.3) is 0 Å². The molecule has 1 aromatic rings. The molecule has 0 fully saturated rings. The van der Waals surface area contributed by atoms with E-state index in [1.165, 1.54) is 6.92 Å². The molecule has 1 aromatic carbocycles. The van der Waals surface area contributed by atoms with Crippen molar-refractivity contribution < 1.29 is 14.3 Å². The third kappa shape index (κ3) is 3.94. The number of carbonyl (C=O) groups is 1. The lowest BCUT2D eigenvalue weighted by Gasteiger charge is -2.12. The van der Waals surface area contributed by atoms with Crippen molar-refractivity contribution in [2.24, 2.45) is 0 Å². The van der Waals surface area contributed by atoms with E-state index < -0.39 is 0 Å². The van der Waals surface area contributed by atoms with Gasteiger partial charge in [-0.1, -0.05) is 18.2 Å². The van der Waals surface area contributed by atoms with E-state index in [-0.39, 0.29) is 12.1 Å². The fourth-order valence-electron chi connectivity index (χ4n) is 1.05. The van der Waals surface area contributed by atoms with Crippen molar-refractivity contribution in [2.45, 2.75) is 20.0 Å². The molecule has 76 valence electrons. The topological polar surface area (TPSA) is 35.5 Å². The molecule has 0 radical (unpaired) electrons. The Bertz CT molecular complexity index is 282. The van der Waals surface area contributed by atoms with Gasteiger partial charge in [-0.2, -0.15) is 0 Å². The van der Waals surface area contributed by atoms with Gasteiger partial charge in [0.1, 0.15) is 18.5 Å². The summed E-state index contributed by atoms with van der Waals surface area (Å²) in [6.07, 6.45) is -0.215. The van der Waals surface area contributed by atoms with Crippen molar-refractivity contribution in [3.8, 4) is 5.75 Å². The molecule has 0 aliphatic rings. The van der Waals surface area contributed by atoms with E-state index in [1.54, 1.807) is 6.92 Å². The number of ether oxygens (including phenoxy) is 2. The number of hydrogen-bond acceptors (Lipinski definition) is 3. The Kier molecular flexibility index (Phi) is 3.98. The molecule has 0 aromatic heterocycles. The SMILES string of the molecule is CC(=O)OC(C)COc1ccccc1. The summed E-state index contributed by atoms with van der Waals surface area (Å²) in [5, 5.41) is 0. The molecule has 0 bridgehead atoms. The Morgan fingerprint density at radius 3 is 2.57 bits per heavy atom. The van der Waals surface area contributed by atoms with Crippen molar-refractivity contribution in [3.05, 3.63) is 30.3 Å². The number of esters is 1. The van der Waals surface area contributed by atoms with E-state index in [0.717, 1.165) is 5.75 Å². The summed E-state index contributed by atoms with van der Waals surface area (Å²) in [6.45, 7) is 3.56. The van der Waals surface area contributed by atoms with Crippen molar-refractivity contribution >= 4 is 5.97 Å². The molecule has 0 spiro atoms. The van der Waals surface area contributed by atoms with Crippen LogP contribution in [0.25, 0.3) is 0 Å². The lowest BCUT2D eigenvalue weighted by molar-refractivity contribution is -0.146. The van der Waals surface area contributed by atoms with Gasteiger partial charge in [-0.15, -0.1) is 0 Å². The number of hydrogen-bond donors (Lipinski definition) is 0. The predicted octanol–water partition coefficient (Wildman–Crippen LogP) is 2.02. The molecular formula is C11H14O3. The van der Waals surface area contributed by atoms with Gasteiger partial charge >= 0.3 is 5.97 Å². The highest BCUT2D eigenvalue weighted by Crippen LogP contribution is 2.08. The van der Waals surface area contributed by atoms with E-state index >= 15 is 0 Å². The summed E-state index contributed by atoms with van der Waals surface area (Å²) in [4.78, 5) is 10.6. The Hall–Kier alpha value is -1.51. The first kappa shape index (κ1) is 10.6. The lowest BCUT2D eigenvalue weighted by atomic mass is 10.3. The fraction of sp³-hybridized carbons (Fsp3) is 0.364. The first-order chi connectivity index (χ1) is 6.68. The second kappa shape index (κ2) is 5.27. The van der Waals surface area contributed by atoms with Crippen LogP contribution in [0.1, 0.15) is 13.8 Å². The van der Waals surface area contributed by atoms with Gasteiger partial charge in [0.05, 0.1) is 0 Å². The molecule has 1 atom stereocenters. The van der Waals surface area contributed by atoms with Crippen LogP contribution in [0.5, 0.6) is 5.75 Å². The summed E-state index contributed by atoms with van der Waals surface area (Å²) in [6, 6.07) is 9.43. The third-order valence-corrected chi connectivity index (χ3v) is 1.60. The maximum Gasteiger partial charge on any atom is 0.303 e. The van der Waals surface area contributed by atoms with E-state index in [2.05, 4.69) is 0 Å². The minimum absolute atomic E-state index is 0.215. The zero-order valence-corrected chi connectivity index (χ0v) is 8.40. The van der Waals surface area contributed by atoms with Crippen LogP contribution < -0.4 is 4.74 Å². The van der Waals surface area contributed by atoms with Crippen LogP contribution in [0.4, 0.5) is 0 Å². The first-order valence-corrected chi connectivity index (χ1v) is 4.53. The monoisotopic (exact) mass is 194 g/mol. The summed E-state index contributed by atoms with van der Waals surface area (Å²) in [5.41, 5.74) is 0. The molecule has 0 N–H and O–H groups in total.